The summed E-state index contributed by atoms with van der Waals surface area (Å²) in [6, 6.07) is 0. The standard InChI is InChI=1S/C13H22N2O/c1-4-7-11(8-5-2)13(16)12-9-14-15(6-3)10-12/h9-11H,4-8H2,1-3H3. The Bertz CT molecular complexity index is 324. The van der Waals surface area contributed by atoms with Crippen LogP contribution in [0, 0.1) is 5.92 Å². The zero-order valence-electron chi connectivity index (χ0n) is 10.6. The van der Waals surface area contributed by atoms with Crippen LogP contribution in [0.2, 0.25) is 0 Å². The summed E-state index contributed by atoms with van der Waals surface area (Å²) in [5.74, 6) is 0.452. The normalized spacial score (nSPS) is 11.0. The summed E-state index contributed by atoms with van der Waals surface area (Å²) in [6.45, 7) is 7.10. The lowest BCUT2D eigenvalue weighted by atomic mass is 9.91. The molecule has 0 fully saturated rings. The van der Waals surface area contributed by atoms with E-state index in [2.05, 4.69) is 18.9 Å². The Morgan fingerprint density at radius 3 is 2.38 bits per heavy atom. The van der Waals surface area contributed by atoms with Crippen LogP contribution < -0.4 is 0 Å². The molecule has 0 N–H and O–H groups in total. The second kappa shape index (κ2) is 6.46. The SMILES string of the molecule is CCCC(CCC)C(=O)c1cnn(CC)c1. The van der Waals surface area contributed by atoms with Gasteiger partial charge in [-0.1, -0.05) is 26.7 Å². The Balaban J connectivity index is 2.72. The highest BCUT2D eigenvalue weighted by atomic mass is 16.1. The topological polar surface area (TPSA) is 34.9 Å². The Morgan fingerprint density at radius 2 is 1.94 bits per heavy atom. The molecule has 0 bridgehead atoms. The van der Waals surface area contributed by atoms with Gasteiger partial charge < -0.3 is 0 Å². The third-order valence-electron chi connectivity index (χ3n) is 2.89. The molecule has 1 rings (SSSR count). The van der Waals surface area contributed by atoms with Crippen LogP contribution in [0.4, 0.5) is 0 Å². The number of Topliss-reactive ketones (excluding diaryl/α,β-unsaturated/α-hetero) is 1. The first kappa shape index (κ1) is 12.9. The molecule has 0 spiro atoms. The van der Waals surface area contributed by atoms with E-state index in [1.807, 2.05) is 17.8 Å². The van der Waals surface area contributed by atoms with E-state index in [4.69, 9.17) is 0 Å². The molecule has 3 heteroatoms. The van der Waals surface area contributed by atoms with Gasteiger partial charge in [0.15, 0.2) is 5.78 Å². The third kappa shape index (κ3) is 3.19. The fraction of sp³-hybridized carbons (Fsp3) is 0.692. The van der Waals surface area contributed by atoms with Gasteiger partial charge in [-0.2, -0.15) is 5.10 Å². The minimum Gasteiger partial charge on any atom is -0.294 e. The molecule has 0 saturated heterocycles. The summed E-state index contributed by atoms with van der Waals surface area (Å²) in [4.78, 5) is 12.2. The van der Waals surface area contributed by atoms with Crippen molar-refractivity contribution in [2.45, 2.75) is 53.0 Å². The average Bonchev–Trinajstić information content (AvgIpc) is 2.76. The number of hydrogen-bond donors (Lipinski definition) is 0. The Hall–Kier alpha value is -1.12. The van der Waals surface area contributed by atoms with Crippen LogP contribution in [-0.2, 0) is 6.54 Å². The maximum atomic E-state index is 12.2. The van der Waals surface area contributed by atoms with Crippen molar-refractivity contribution in [2.24, 2.45) is 5.92 Å². The third-order valence-corrected chi connectivity index (χ3v) is 2.89. The molecule has 0 aliphatic rings. The van der Waals surface area contributed by atoms with Gasteiger partial charge in [-0.25, -0.2) is 0 Å². The van der Waals surface area contributed by atoms with Crippen molar-refractivity contribution in [3.63, 3.8) is 0 Å². The summed E-state index contributed by atoms with van der Waals surface area (Å²) in [5.41, 5.74) is 0.772. The summed E-state index contributed by atoms with van der Waals surface area (Å²) in [7, 11) is 0. The van der Waals surface area contributed by atoms with Gasteiger partial charge in [-0.05, 0) is 19.8 Å². The van der Waals surface area contributed by atoms with E-state index >= 15 is 0 Å². The van der Waals surface area contributed by atoms with E-state index in [1.165, 1.54) is 0 Å². The van der Waals surface area contributed by atoms with Gasteiger partial charge in [0, 0.05) is 18.7 Å². The van der Waals surface area contributed by atoms with E-state index in [9.17, 15) is 4.79 Å². The van der Waals surface area contributed by atoms with Crippen molar-refractivity contribution in [1.82, 2.24) is 9.78 Å². The van der Waals surface area contributed by atoms with Gasteiger partial charge in [-0.15, -0.1) is 0 Å². The van der Waals surface area contributed by atoms with Gasteiger partial charge in [0.05, 0.1) is 11.8 Å². The van der Waals surface area contributed by atoms with Gasteiger partial charge in [-0.3, -0.25) is 9.48 Å². The molecule has 0 radical (unpaired) electrons. The fourth-order valence-electron chi connectivity index (χ4n) is 2.00. The average molecular weight is 222 g/mol. The van der Waals surface area contributed by atoms with Crippen molar-refractivity contribution in [3.8, 4) is 0 Å². The predicted molar refractivity (Wildman–Crippen MR) is 65.5 cm³/mol. The molecule has 0 aliphatic heterocycles. The van der Waals surface area contributed by atoms with Crippen LogP contribution in [0.25, 0.3) is 0 Å². The predicted octanol–water partition coefficient (Wildman–Crippen LogP) is 3.30. The molecule has 0 aromatic carbocycles. The molecular formula is C13H22N2O. The van der Waals surface area contributed by atoms with Gasteiger partial charge in [0.25, 0.3) is 0 Å². The van der Waals surface area contributed by atoms with Gasteiger partial charge in [0.2, 0.25) is 0 Å². The smallest absolute Gasteiger partial charge is 0.169 e. The Kier molecular flexibility index (Phi) is 5.23. The molecule has 0 unspecified atom stereocenters. The van der Waals surface area contributed by atoms with Gasteiger partial charge >= 0.3 is 0 Å². The molecule has 0 atom stereocenters. The lowest BCUT2D eigenvalue weighted by Gasteiger charge is -2.12. The van der Waals surface area contributed by atoms with Crippen molar-refractivity contribution >= 4 is 5.78 Å². The first-order chi connectivity index (χ1) is 7.72. The first-order valence-electron chi connectivity index (χ1n) is 6.29. The summed E-state index contributed by atoms with van der Waals surface area (Å²) < 4.78 is 1.81. The molecule has 1 aromatic rings. The number of carbonyl (C=O) groups excluding carboxylic acids is 1. The summed E-state index contributed by atoms with van der Waals surface area (Å²) >= 11 is 0. The van der Waals surface area contributed by atoms with E-state index < -0.39 is 0 Å². The van der Waals surface area contributed by atoms with Crippen LogP contribution >= 0.6 is 0 Å². The van der Waals surface area contributed by atoms with Crippen LogP contribution in [0.5, 0.6) is 0 Å². The van der Waals surface area contributed by atoms with Crippen LogP contribution in [0.1, 0.15) is 56.8 Å². The fourth-order valence-corrected chi connectivity index (χ4v) is 2.00. The summed E-state index contributed by atoms with van der Waals surface area (Å²) in [5, 5.41) is 4.15. The van der Waals surface area contributed by atoms with E-state index in [0.29, 0.717) is 0 Å². The number of carbonyl (C=O) groups is 1. The molecular weight excluding hydrogens is 200 g/mol. The highest BCUT2D eigenvalue weighted by molar-refractivity contribution is 5.97. The quantitative estimate of drug-likeness (QED) is 0.663. The van der Waals surface area contributed by atoms with Crippen molar-refractivity contribution in [2.75, 3.05) is 0 Å². The molecule has 16 heavy (non-hydrogen) atoms. The number of aromatic nitrogens is 2. The number of ketones is 1. The molecule has 1 heterocycles. The number of rotatable bonds is 7. The Labute approximate surface area is 97.8 Å². The van der Waals surface area contributed by atoms with Gasteiger partial charge in [0.1, 0.15) is 0 Å². The molecule has 0 saturated carbocycles. The zero-order chi connectivity index (χ0) is 12.0. The van der Waals surface area contributed by atoms with Crippen molar-refractivity contribution in [3.05, 3.63) is 18.0 Å². The molecule has 90 valence electrons. The minimum absolute atomic E-state index is 0.185. The van der Waals surface area contributed by atoms with E-state index in [-0.39, 0.29) is 11.7 Å². The number of aryl methyl sites for hydroxylation is 1. The minimum atomic E-state index is 0.185. The zero-order valence-corrected chi connectivity index (χ0v) is 10.6. The largest absolute Gasteiger partial charge is 0.294 e. The molecule has 1 aromatic heterocycles. The van der Waals surface area contributed by atoms with Crippen molar-refractivity contribution < 1.29 is 4.79 Å². The second-order valence-corrected chi connectivity index (χ2v) is 4.22. The van der Waals surface area contributed by atoms with Crippen LogP contribution in [0.15, 0.2) is 12.4 Å². The molecule has 0 aliphatic carbocycles. The monoisotopic (exact) mass is 222 g/mol. The molecule has 0 amide bonds. The number of nitrogens with zero attached hydrogens (tertiary/aromatic N) is 2. The second-order valence-electron chi connectivity index (χ2n) is 4.22. The highest BCUT2D eigenvalue weighted by Gasteiger charge is 2.19. The van der Waals surface area contributed by atoms with Crippen LogP contribution in [-0.4, -0.2) is 15.6 Å². The first-order valence-corrected chi connectivity index (χ1v) is 6.29. The van der Waals surface area contributed by atoms with Crippen molar-refractivity contribution in [1.29, 1.82) is 0 Å². The maximum Gasteiger partial charge on any atom is 0.169 e. The van der Waals surface area contributed by atoms with E-state index in [1.54, 1.807) is 6.20 Å². The highest BCUT2D eigenvalue weighted by Crippen LogP contribution is 2.19. The summed E-state index contributed by atoms with van der Waals surface area (Å²) in [6.07, 6.45) is 7.68. The lowest BCUT2D eigenvalue weighted by molar-refractivity contribution is 0.0905. The lowest BCUT2D eigenvalue weighted by Crippen LogP contribution is -2.14. The number of hydrogen-bond acceptors (Lipinski definition) is 2. The maximum absolute atomic E-state index is 12.2. The van der Waals surface area contributed by atoms with E-state index in [0.717, 1.165) is 37.8 Å². The molecule has 3 nitrogen and oxygen atoms in total. The Morgan fingerprint density at radius 1 is 1.31 bits per heavy atom. The van der Waals surface area contributed by atoms with Crippen LogP contribution in [0.3, 0.4) is 0 Å².